The molecule has 0 atom stereocenters. The Hall–Kier alpha value is -2.89. The summed E-state index contributed by atoms with van der Waals surface area (Å²) in [6, 6.07) is 9.40. The van der Waals surface area contributed by atoms with Crippen LogP contribution in [0, 0.1) is 13.8 Å². The Bertz CT molecular complexity index is 896. The highest BCUT2D eigenvalue weighted by atomic mass is 16.3. The largest absolute Gasteiger partial charge is 0.503 e. The number of hydrogen-bond acceptors (Lipinski definition) is 4. The van der Waals surface area contributed by atoms with Gasteiger partial charge >= 0.3 is 0 Å². The molecule has 0 amide bonds. The molecule has 0 spiro atoms. The minimum absolute atomic E-state index is 0.202. The molecule has 0 radical (unpaired) electrons. The van der Waals surface area contributed by atoms with Crippen molar-refractivity contribution in [3.05, 3.63) is 64.2 Å². The van der Waals surface area contributed by atoms with Crippen molar-refractivity contribution >= 4 is 0 Å². The van der Waals surface area contributed by atoms with E-state index in [9.17, 15) is 9.90 Å². The Morgan fingerprint density at radius 2 is 1.91 bits per heavy atom. The van der Waals surface area contributed by atoms with Crippen LogP contribution in [0.4, 0.5) is 0 Å². The Balaban J connectivity index is 1.77. The summed E-state index contributed by atoms with van der Waals surface area (Å²) < 4.78 is 3.59. The molecule has 0 aliphatic rings. The summed E-state index contributed by atoms with van der Waals surface area (Å²) >= 11 is 0. The normalized spacial score (nSPS) is 10.9. The van der Waals surface area contributed by atoms with Crippen LogP contribution in [-0.2, 0) is 13.1 Å². The molecule has 3 rings (SSSR count). The molecule has 0 saturated carbocycles. The van der Waals surface area contributed by atoms with E-state index in [-0.39, 0.29) is 11.2 Å². The Labute approximate surface area is 133 Å². The van der Waals surface area contributed by atoms with Gasteiger partial charge in [0.05, 0.1) is 18.4 Å². The van der Waals surface area contributed by atoms with Gasteiger partial charge < -0.3 is 9.67 Å². The van der Waals surface area contributed by atoms with E-state index in [1.54, 1.807) is 17.8 Å². The van der Waals surface area contributed by atoms with Crippen molar-refractivity contribution in [2.24, 2.45) is 0 Å². The first kappa shape index (κ1) is 15.0. The lowest BCUT2D eigenvalue weighted by atomic mass is 10.1. The lowest BCUT2D eigenvalue weighted by molar-refractivity contribution is 0.444. The first-order valence-electron chi connectivity index (χ1n) is 7.41. The monoisotopic (exact) mass is 310 g/mol. The van der Waals surface area contributed by atoms with Gasteiger partial charge in [-0.15, -0.1) is 5.10 Å². The molecule has 6 heteroatoms. The Kier molecular flexibility index (Phi) is 3.97. The third kappa shape index (κ3) is 3.01. The van der Waals surface area contributed by atoms with Crippen molar-refractivity contribution in [3.8, 4) is 17.0 Å². The number of hydrogen-bond donors (Lipinski definition) is 1. The van der Waals surface area contributed by atoms with E-state index in [0.717, 1.165) is 16.8 Å². The van der Waals surface area contributed by atoms with Crippen LogP contribution in [0.2, 0.25) is 0 Å². The summed E-state index contributed by atoms with van der Waals surface area (Å²) in [6.07, 6.45) is 3.58. The second kappa shape index (κ2) is 6.08. The third-order valence-corrected chi connectivity index (χ3v) is 3.94. The van der Waals surface area contributed by atoms with Crippen molar-refractivity contribution in [2.75, 3.05) is 0 Å². The molecule has 0 unspecified atom stereocenters. The van der Waals surface area contributed by atoms with Gasteiger partial charge in [0, 0.05) is 24.4 Å². The zero-order chi connectivity index (χ0) is 16.4. The number of aromatic nitrogens is 4. The molecular weight excluding hydrogens is 292 g/mol. The number of nitrogens with zero attached hydrogens (tertiary/aromatic N) is 4. The summed E-state index contributed by atoms with van der Waals surface area (Å²) in [5.41, 5.74) is 3.25. The van der Waals surface area contributed by atoms with Crippen LogP contribution in [0.3, 0.4) is 0 Å². The Morgan fingerprint density at radius 1 is 1.13 bits per heavy atom. The average molecular weight is 310 g/mol. The molecule has 0 saturated heterocycles. The Morgan fingerprint density at radius 3 is 2.70 bits per heavy atom. The van der Waals surface area contributed by atoms with Crippen molar-refractivity contribution in [1.29, 1.82) is 0 Å². The molecule has 0 bridgehead atoms. The maximum absolute atomic E-state index is 11.4. The first-order chi connectivity index (χ1) is 11.1. The van der Waals surface area contributed by atoms with Crippen LogP contribution >= 0.6 is 0 Å². The minimum Gasteiger partial charge on any atom is -0.503 e. The number of pyridine rings is 1. The van der Waals surface area contributed by atoms with Gasteiger partial charge in [-0.3, -0.25) is 9.48 Å². The van der Waals surface area contributed by atoms with Crippen LogP contribution < -0.4 is 5.43 Å². The summed E-state index contributed by atoms with van der Waals surface area (Å²) in [4.78, 5) is 11.4. The molecule has 6 nitrogen and oxygen atoms in total. The zero-order valence-electron chi connectivity index (χ0n) is 13.1. The maximum atomic E-state index is 11.4. The highest BCUT2D eigenvalue weighted by Gasteiger charge is 2.08. The number of rotatable bonds is 4. The molecule has 2 heterocycles. The third-order valence-electron chi connectivity index (χ3n) is 3.94. The van der Waals surface area contributed by atoms with Crippen molar-refractivity contribution in [3.63, 3.8) is 0 Å². The van der Waals surface area contributed by atoms with E-state index in [1.807, 2.05) is 42.0 Å². The van der Waals surface area contributed by atoms with Gasteiger partial charge in [-0.25, -0.2) is 0 Å². The first-order valence-corrected chi connectivity index (χ1v) is 7.41. The molecule has 2 aromatic heterocycles. The van der Waals surface area contributed by atoms with Crippen LogP contribution in [0.25, 0.3) is 11.3 Å². The molecule has 118 valence electrons. The quantitative estimate of drug-likeness (QED) is 0.801. The minimum atomic E-state index is -0.360. The van der Waals surface area contributed by atoms with Gasteiger partial charge in [-0.2, -0.15) is 0 Å². The van der Waals surface area contributed by atoms with Crippen LogP contribution in [0.15, 0.2) is 47.5 Å². The van der Waals surface area contributed by atoms with E-state index in [1.165, 1.54) is 6.07 Å². The number of aromatic hydroxyl groups is 1. The summed E-state index contributed by atoms with van der Waals surface area (Å²) in [6.45, 7) is 4.95. The molecule has 1 aromatic carbocycles. The molecule has 0 fully saturated rings. The fourth-order valence-corrected chi connectivity index (χ4v) is 2.51. The molecule has 3 aromatic rings. The maximum Gasteiger partial charge on any atom is 0.223 e. The predicted molar refractivity (Wildman–Crippen MR) is 87.3 cm³/mol. The van der Waals surface area contributed by atoms with Gasteiger partial charge in [-0.1, -0.05) is 29.5 Å². The molecule has 0 aliphatic carbocycles. The van der Waals surface area contributed by atoms with Gasteiger partial charge in [0.25, 0.3) is 0 Å². The van der Waals surface area contributed by atoms with Gasteiger partial charge in [0.1, 0.15) is 5.69 Å². The molecule has 23 heavy (non-hydrogen) atoms. The average Bonchev–Trinajstić information content (AvgIpc) is 3.01. The standard InChI is InChI=1S/C17H18N4O2/c1-12-5-3-4-6-14(12)15-11-21(19-18-15)10-9-20-8-7-16(22)17(23)13(20)2/h3-8,11,23H,9-10H2,1-2H3. The van der Waals surface area contributed by atoms with E-state index in [0.29, 0.717) is 18.8 Å². The lowest BCUT2D eigenvalue weighted by Gasteiger charge is -2.10. The number of aryl methyl sites for hydroxylation is 3. The zero-order valence-corrected chi connectivity index (χ0v) is 13.1. The van der Waals surface area contributed by atoms with Crippen LogP contribution in [0.5, 0.6) is 5.75 Å². The van der Waals surface area contributed by atoms with Crippen LogP contribution in [-0.4, -0.2) is 24.7 Å². The van der Waals surface area contributed by atoms with Gasteiger partial charge in [-0.05, 0) is 19.4 Å². The topological polar surface area (TPSA) is 72.9 Å². The lowest BCUT2D eigenvalue weighted by Crippen LogP contribution is -2.14. The van der Waals surface area contributed by atoms with E-state index in [4.69, 9.17) is 0 Å². The summed E-state index contributed by atoms with van der Waals surface area (Å²) in [7, 11) is 0. The predicted octanol–water partition coefficient (Wildman–Crippen LogP) is 2.13. The highest BCUT2D eigenvalue weighted by molar-refractivity contribution is 5.61. The molecular formula is C17H18N4O2. The second-order valence-electron chi connectivity index (χ2n) is 5.49. The summed E-state index contributed by atoms with van der Waals surface area (Å²) in [5.74, 6) is -0.202. The van der Waals surface area contributed by atoms with Crippen molar-refractivity contribution < 1.29 is 5.11 Å². The van der Waals surface area contributed by atoms with Gasteiger partial charge in [0.15, 0.2) is 5.75 Å². The van der Waals surface area contributed by atoms with Gasteiger partial charge in [0.2, 0.25) is 5.43 Å². The SMILES string of the molecule is Cc1ccccc1-c1cn(CCn2ccc(=O)c(O)c2C)nn1. The van der Waals surface area contributed by atoms with E-state index >= 15 is 0 Å². The summed E-state index contributed by atoms with van der Waals surface area (Å²) in [5, 5.41) is 18.1. The molecule has 1 N–H and O–H groups in total. The van der Waals surface area contributed by atoms with E-state index in [2.05, 4.69) is 10.3 Å². The second-order valence-corrected chi connectivity index (χ2v) is 5.49. The highest BCUT2D eigenvalue weighted by Crippen LogP contribution is 2.20. The number of benzene rings is 1. The molecule has 0 aliphatic heterocycles. The van der Waals surface area contributed by atoms with E-state index < -0.39 is 0 Å². The fraction of sp³-hybridized carbons (Fsp3) is 0.235. The van der Waals surface area contributed by atoms with Crippen molar-refractivity contribution in [1.82, 2.24) is 19.6 Å². The smallest absolute Gasteiger partial charge is 0.223 e. The fourth-order valence-electron chi connectivity index (χ4n) is 2.51. The van der Waals surface area contributed by atoms with Crippen LogP contribution in [0.1, 0.15) is 11.3 Å². The van der Waals surface area contributed by atoms with Crippen molar-refractivity contribution in [2.45, 2.75) is 26.9 Å².